The highest BCUT2D eigenvalue weighted by Gasteiger charge is 2.16. The molecule has 2 aromatic carbocycles. The highest BCUT2D eigenvalue weighted by atomic mass is 16.2. The number of amides is 1. The summed E-state index contributed by atoms with van der Waals surface area (Å²) in [5.74, 6) is -0.115. The summed E-state index contributed by atoms with van der Waals surface area (Å²) >= 11 is 0. The number of carbonyl (C=O) groups is 1. The van der Waals surface area contributed by atoms with E-state index in [0.717, 1.165) is 13.1 Å². The van der Waals surface area contributed by atoms with E-state index in [1.54, 1.807) is 18.2 Å². The molecule has 1 amide bonds. The number of rotatable bonds is 6. The molecule has 5 nitrogen and oxygen atoms in total. The minimum absolute atomic E-state index is 0.115. The molecule has 3 rings (SSSR count). The molecule has 5 heteroatoms. The van der Waals surface area contributed by atoms with Gasteiger partial charge in [0.15, 0.2) is 0 Å². The second-order valence-electron chi connectivity index (χ2n) is 7.05. The van der Waals surface area contributed by atoms with Crippen molar-refractivity contribution in [1.82, 2.24) is 4.90 Å². The molecule has 0 spiro atoms. The minimum Gasteiger partial charge on any atom is -0.371 e. The van der Waals surface area contributed by atoms with Gasteiger partial charge in [-0.05, 0) is 50.1 Å². The quantitative estimate of drug-likeness (QED) is 0.853. The molecule has 0 saturated carbocycles. The Morgan fingerprint density at radius 2 is 1.81 bits per heavy atom. The summed E-state index contributed by atoms with van der Waals surface area (Å²) in [6.45, 7) is 3.19. The van der Waals surface area contributed by atoms with E-state index in [1.165, 1.54) is 30.5 Å². The van der Waals surface area contributed by atoms with Gasteiger partial charge in [-0.25, -0.2) is 0 Å². The van der Waals surface area contributed by atoms with Crippen molar-refractivity contribution in [2.75, 3.05) is 36.9 Å². The van der Waals surface area contributed by atoms with E-state index < -0.39 is 0 Å². The van der Waals surface area contributed by atoms with E-state index in [1.807, 2.05) is 18.0 Å². The monoisotopic (exact) mass is 362 g/mol. The molecule has 0 aliphatic carbocycles. The smallest absolute Gasteiger partial charge is 0.238 e. The van der Waals surface area contributed by atoms with Crippen molar-refractivity contribution in [3.8, 4) is 6.07 Å². The van der Waals surface area contributed by atoms with Crippen LogP contribution in [0.2, 0.25) is 0 Å². The molecule has 140 valence electrons. The molecular weight excluding hydrogens is 336 g/mol. The van der Waals surface area contributed by atoms with Gasteiger partial charge < -0.3 is 10.2 Å². The Labute approximate surface area is 161 Å². The van der Waals surface area contributed by atoms with Crippen LogP contribution in [0.25, 0.3) is 0 Å². The first-order valence-corrected chi connectivity index (χ1v) is 9.48. The summed E-state index contributed by atoms with van der Waals surface area (Å²) in [6.07, 6.45) is 3.79. The number of likely N-dealkylation sites (N-methyl/N-ethyl adjacent to an activating group) is 1. The van der Waals surface area contributed by atoms with Crippen LogP contribution < -0.4 is 10.2 Å². The van der Waals surface area contributed by atoms with E-state index >= 15 is 0 Å². The summed E-state index contributed by atoms with van der Waals surface area (Å²) in [5.41, 5.74) is 3.56. The predicted molar refractivity (Wildman–Crippen MR) is 109 cm³/mol. The zero-order valence-electron chi connectivity index (χ0n) is 15.8. The Morgan fingerprint density at radius 1 is 1.11 bits per heavy atom. The number of para-hydroxylation sites is 2. The van der Waals surface area contributed by atoms with Crippen molar-refractivity contribution in [2.24, 2.45) is 0 Å². The lowest BCUT2D eigenvalue weighted by atomic mass is 10.1. The third-order valence-corrected chi connectivity index (χ3v) is 4.86. The van der Waals surface area contributed by atoms with Crippen LogP contribution in [-0.2, 0) is 11.3 Å². The Morgan fingerprint density at radius 3 is 2.59 bits per heavy atom. The maximum Gasteiger partial charge on any atom is 0.238 e. The number of hydrogen-bond acceptors (Lipinski definition) is 4. The molecule has 0 unspecified atom stereocenters. The second-order valence-corrected chi connectivity index (χ2v) is 7.05. The molecular formula is C22H26N4O. The van der Waals surface area contributed by atoms with Gasteiger partial charge in [0, 0.05) is 25.3 Å². The number of nitriles is 1. The minimum atomic E-state index is -0.115. The van der Waals surface area contributed by atoms with Crippen molar-refractivity contribution in [3.05, 3.63) is 59.7 Å². The normalized spacial score (nSPS) is 14.0. The van der Waals surface area contributed by atoms with E-state index in [0.29, 0.717) is 17.8 Å². The zero-order valence-corrected chi connectivity index (χ0v) is 15.8. The summed E-state index contributed by atoms with van der Waals surface area (Å²) in [5, 5.41) is 12.0. The van der Waals surface area contributed by atoms with Crippen LogP contribution in [0.1, 0.15) is 30.4 Å². The SMILES string of the molecule is CN(CC(=O)Nc1ccccc1C#N)Cc1ccccc1N1CCCCC1. The average Bonchev–Trinajstić information content (AvgIpc) is 2.69. The molecule has 0 aromatic heterocycles. The van der Waals surface area contributed by atoms with Crippen LogP contribution in [0, 0.1) is 11.3 Å². The van der Waals surface area contributed by atoms with Crippen LogP contribution in [0.15, 0.2) is 48.5 Å². The van der Waals surface area contributed by atoms with Gasteiger partial charge in [0.05, 0.1) is 17.8 Å². The summed E-state index contributed by atoms with van der Waals surface area (Å²) < 4.78 is 0. The number of piperidine rings is 1. The Hall–Kier alpha value is -2.84. The summed E-state index contributed by atoms with van der Waals surface area (Å²) in [4.78, 5) is 16.9. The molecule has 0 bridgehead atoms. The second kappa shape index (κ2) is 9.20. The summed E-state index contributed by atoms with van der Waals surface area (Å²) in [7, 11) is 1.95. The lowest BCUT2D eigenvalue weighted by Crippen LogP contribution is -2.33. The van der Waals surface area contributed by atoms with Gasteiger partial charge in [0.1, 0.15) is 6.07 Å². The van der Waals surface area contributed by atoms with Crippen molar-refractivity contribution < 1.29 is 4.79 Å². The van der Waals surface area contributed by atoms with Crippen LogP contribution in [0.4, 0.5) is 11.4 Å². The van der Waals surface area contributed by atoms with Gasteiger partial charge in [0.25, 0.3) is 0 Å². The van der Waals surface area contributed by atoms with E-state index in [4.69, 9.17) is 5.26 Å². The molecule has 0 atom stereocenters. The van der Waals surface area contributed by atoms with Crippen LogP contribution >= 0.6 is 0 Å². The van der Waals surface area contributed by atoms with Crippen molar-refractivity contribution >= 4 is 17.3 Å². The number of anilines is 2. The molecule has 27 heavy (non-hydrogen) atoms. The van der Waals surface area contributed by atoms with Crippen molar-refractivity contribution in [1.29, 1.82) is 5.26 Å². The standard InChI is InChI=1S/C22H26N4O/c1-25(17-22(27)24-20-11-5-3-9-18(20)15-23)16-19-10-4-6-12-21(19)26-13-7-2-8-14-26/h3-6,9-12H,2,7-8,13-14,16-17H2,1H3,(H,24,27). The maximum absolute atomic E-state index is 12.4. The number of hydrogen-bond donors (Lipinski definition) is 1. The number of carbonyl (C=O) groups excluding carboxylic acids is 1. The lowest BCUT2D eigenvalue weighted by molar-refractivity contribution is -0.117. The number of nitrogens with one attached hydrogen (secondary N) is 1. The number of nitrogens with zero attached hydrogens (tertiary/aromatic N) is 3. The molecule has 1 aliphatic rings. The van der Waals surface area contributed by atoms with Crippen LogP contribution in [0.3, 0.4) is 0 Å². The van der Waals surface area contributed by atoms with Gasteiger partial charge in [-0.3, -0.25) is 9.69 Å². The van der Waals surface area contributed by atoms with E-state index in [-0.39, 0.29) is 12.5 Å². The Bertz CT molecular complexity index is 821. The van der Waals surface area contributed by atoms with E-state index in [2.05, 4.69) is 40.6 Å². The molecule has 0 radical (unpaired) electrons. The molecule has 2 aromatic rings. The van der Waals surface area contributed by atoms with Crippen LogP contribution in [0.5, 0.6) is 0 Å². The first-order valence-electron chi connectivity index (χ1n) is 9.48. The van der Waals surface area contributed by atoms with Gasteiger partial charge in [-0.1, -0.05) is 30.3 Å². The van der Waals surface area contributed by atoms with Crippen LogP contribution in [-0.4, -0.2) is 37.5 Å². The Kier molecular flexibility index (Phi) is 6.45. The number of benzene rings is 2. The molecule has 1 fully saturated rings. The molecule has 1 saturated heterocycles. The average molecular weight is 362 g/mol. The first kappa shape index (κ1) is 18.9. The molecule has 1 heterocycles. The van der Waals surface area contributed by atoms with Gasteiger partial charge in [-0.2, -0.15) is 5.26 Å². The van der Waals surface area contributed by atoms with E-state index in [9.17, 15) is 4.79 Å². The van der Waals surface area contributed by atoms with Crippen molar-refractivity contribution in [3.63, 3.8) is 0 Å². The fourth-order valence-electron chi connectivity index (χ4n) is 3.56. The fourth-order valence-corrected chi connectivity index (χ4v) is 3.56. The Balaban J connectivity index is 1.61. The molecule has 1 aliphatic heterocycles. The predicted octanol–water partition coefficient (Wildman–Crippen LogP) is 3.62. The zero-order chi connectivity index (χ0) is 19.1. The largest absolute Gasteiger partial charge is 0.371 e. The third kappa shape index (κ3) is 5.08. The summed E-state index contributed by atoms with van der Waals surface area (Å²) in [6, 6.07) is 17.6. The topological polar surface area (TPSA) is 59.4 Å². The van der Waals surface area contributed by atoms with Gasteiger partial charge in [-0.15, -0.1) is 0 Å². The maximum atomic E-state index is 12.4. The highest BCUT2D eigenvalue weighted by Crippen LogP contribution is 2.25. The third-order valence-electron chi connectivity index (χ3n) is 4.86. The first-order chi connectivity index (χ1) is 13.2. The van der Waals surface area contributed by atoms with Gasteiger partial charge >= 0.3 is 0 Å². The fraction of sp³-hybridized carbons (Fsp3) is 0.364. The highest BCUT2D eigenvalue weighted by molar-refractivity contribution is 5.93. The molecule has 1 N–H and O–H groups in total. The van der Waals surface area contributed by atoms with Gasteiger partial charge in [0.2, 0.25) is 5.91 Å². The lowest BCUT2D eigenvalue weighted by Gasteiger charge is -2.31. The van der Waals surface area contributed by atoms with Crippen molar-refractivity contribution in [2.45, 2.75) is 25.8 Å².